The minimum absolute atomic E-state index is 0.0678. The number of benzene rings is 2. The minimum Gasteiger partial charge on any atom is -0.497 e. The molecule has 0 radical (unpaired) electrons. The van der Waals surface area contributed by atoms with Crippen LogP contribution in [0.5, 0.6) is 5.75 Å². The fourth-order valence-corrected chi connectivity index (χ4v) is 3.12. The molecule has 1 amide bonds. The number of carbonyl (C=O) groups is 1. The van der Waals surface area contributed by atoms with Gasteiger partial charge in [-0.1, -0.05) is 39.3 Å². The fraction of sp³-hybridized carbons (Fsp3) is 0.273. The van der Waals surface area contributed by atoms with Crippen LogP contribution in [0.25, 0.3) is 11.3 Å². The summed E-state index contributed by atoms with van der Waals surface area (Å²) in [5.41, 5.74) is 1.88. The van der Waals surface area contributed by atoms with Crippen molar-refractivity contribution >= 4 is 34.5 Å². The highest BCUT2D eigenvalue weighted by Crippen LogP contribution is 2.31. The molecule has 0 aliphatic carbocycles. The molecular weight excluding hydrogens is 411 g/mol. The molecular formula is C22H26ClFN2O2S. The van der Waals surface area contributed by atoms with Crippen molar-refractivity contribution in [3.05, 3.63) is 63.2 Å². The van der Waals surface area contributed by atoms with Crippen LogP contribution in [-0.2, 0) is 0 Å². The Bertz CT molecular complexity index is 944. The van der Waals surface area contributed by atoms with Gasteiger partial charge in [0.2, 0.25) is 0 Å². The van der Waals surface area contributed by atoms with Crippen LogP contribution < -0.4 is 10.1 Å². The summed E-state index contributed by atoms with van der Waals surface area (Å²) in [6, 6.07) is 9.12. The summed E-state index contributed by atoms with van der Waals surface area (Å²) >= 11 is 7.74. The van der Waals surface area contributed by atoms with E-state index in [1.807, 2.05) is 40.0 Å². The second-order valence-corrected chi connectivity index (χ2v) is 6.72. The predicted octanol–water partition coefficient (Wildman–Crippen LogP) is 7.22. The van der Waals surface area contributed by atoms with Crippen molar-refractivity contribution in [2.24, 2.45) is 0 Å². The van der Waals surface area contributed by atoms with Crippen LogP contribution in [0, 0.1) is 12.7 Å². The lowest BCUT2D eigenvalue weighted by molar-refractivity contribution is 0.102. The zero-order chi connectivity index (χ0) is 22.0. The van der Waals surface area contributed by atoms with E-state index in [0.29, 0.717) is 22.0 Å². The van der Waals surface area contributed by atoms with E-state index in [2.05, 4.69) is 10.3 Å². The van der Waals surface area contributed by atoms with Gasteiger partial charge in [0.25, 0.3) is 5.91 Å². The van der Waals surface area contributed by atoms with Crippen molar-refractivity contribution in [1.29, 1.82) is 0 Å². The van der Waals surface area contributed by atoms with Gasteiger partial charge in [-0.05, 0) is 37.3 Å². The highest BCUT2D eigenvalue weighted by atomic mass is 35.5. The Labute approximate surface area is 180 Å². The lowest BCUT2D eigenvalue weighted by Crippen LogP contribution is -2.13. The highest BCUT2D eigenvalue weighted by Gasteiger charge is 2.14. The first-order valence-corrected chi connectivity index (χ1v) is 10.6. The first kappa shape index (κ1) is 24.6. The van der Waals surface area contributed by atoms with Gasteiger partial charge in [0.1, 0.15) is 11.6 Å². The van der Waals surface area contributed by atoms with Crippen LogP contribution in [-0.4, -0.2) is 18.0 Å². The number of aromatic nitrogens is 1. The zero-order valence-corrected chi connectivity index (χ0v) is 19.0. The molecule has 1 aromatic heterocycles. The smallest absolute Gasteiger partial charge is 0.258 e. The standard InChI is InChI=1S/C18H14ClFN2O2S.2C2H6/c1-10-21-17(9-25-10)14-7-11(3-6-15(14)19)22-18(23)13-5-4-12(24-2)8-16(13)20;2*1-2/h3-9H,1-2H3,(H,22,23);2*1-2H3. The zero-order valence-electron chi connectivity index (χ0n) is 17.5. The third kappa shape index (κ3) is 6.54. The molecule has 7 heteroatoms. The topological polar surface area (TPSA) is 51.2 Å². The first-order chi connectivity index (χ1) is 14.0. The number of hydrogen-bond acceptors (Lipinski definition) is 4. The summed E-state index contributed by atoms with van der Waals surface area (Å²) in [4.78, 5) is 16.7. The molecule has 0 aliphatic rings. The van der Waals surface area contributed by atoms with Crippen LogP contribution in [0.4, 0.5) is 10.1 Å². The van der Waals surface area contributed by atoms with Gasteiger partial charge in [-0.3, -0.25) is 4.79 Å². The summed E-state index contributed by atoms with van der Waals surface area (Å²) in [6.07, 6.45) is 0. The van der Waals surface area contributed by atoms with Crippen molar-refractivity contribution in [3.63, 3.8) is 0 Å². The summed E-state index contributed by atoms with van der Waals surface area (Å²) in [6.45, 7) is 9.90. The molecule has 0 fully saturated rings. The Morgan fingerprint density at radius 3 is 2.38 bits per heavy atom. The summed E-state index contributed by atoms with van der Waals surface area (Å²) in [5, 5.41) is 6.02. The third-order valence-electron chi connectivity index (χ3n) is 3.54. The number of rotatable bonds is 4. The van der Waals surface area contributed by atoms with Crippen molar-refractivity contribution in [1.82, 2.24) is 4.98 Å². The minimum atomic E-state index is -0.652. The second kappa shape index (κ2) is 12.2. The molecule has 3 aromatic rings. The van der Waals surface area contributed by atoms with E-state index >= 15 is 0 Å². The maximum Gasteiger partial charge on any atom is 0.258 e. The Kier molecular flexibility index (Phi) is 10.3. The number of anilines is 1. The summed E-state index contributed by atoms with van der Waals surface area (Å²) < 4.78 is 19.0. The summed E-state index contributed by atoms with van der Waals surface area (Å²) in [5.74, 6) is -0.856. The molecule has 4 nitrogen and oxygen atoms in total. The second-order valence-electron chi connectivity index (χ2n) is 5.25. The Morgan fingerprint density at radius 1 is 1.14 bits per heavy atom. The van der Waals surface area contributed by atoms with Crippen LogP contribution in [0.15, 0.2) is 41.8 Å². The normalized spacial score (nSPS) is 9.52. The Hall–Kier alpha value is -2.44. The number of amides is 1. The van der Waals surface area contributed by atoms with E-state index in [0.717, 1.165) is 10.7 Å². The maximum atomic E-state index is 14.0. The molecule has 3 rings (SSSR count). The third-order valence-corrected chi connectivity index (χ3v) is 4.64. The number of aryl methyl sites for hydroxylation is 1. The van der Waals surface area contributed by atoms with Gasteiger partial charge in [-0.25, -0.2) is 9.37 Å². The van der Waals surface area contributed by atoms with E-state index in [-0.39, 0.29) is 5.56 Å². The van der Waals surface area contributed by atoms with Crippen molar-refractivity contribution in [3.8, 4) is 17.0 Å². The molecule has 156 valence electrons. The number of nitrogens with one attached hydrogen (secondary N) is 1. The fourth-order valence-electron chi connectivity index (χ4n) is 2.29. The predicted molar refractivity (Wildman–Crippen MR) is 121 cm³/mol. The Morgan fingerprint density at radius 2 is 1.83 bits per heavy atom. The van der Waals surface area contributed by atoms with Gasteiger partial charge >= 0.3 is 0 Å². The number of nitrogens with zero attached hydrogens (tertiary/aromatic N) is 1. The molecule has 2 aromatic carbocycles. The summed E-state index contributed by atoms with van der Waals surface area (Å²) in [7, 11) is 1.43. The average Bonchev–Trinajstić information content (AvgIpc) is 3.18. The molecule has 0 saturated carbocycles. The van der Waals surface area contributed by atoms with E-state index < -0.39 is 11.7 Å². The van der Waals surface area contributed by atoms with Crippen molar-refractivity contribution < 1.29 is 13.9 Å². The average molecular weight is 437 g/mol. The monoisotopic (exact) mass is 436 g/mol. The molecule has 0 atom stereocenters. The van der Waals surface area contributed by atoms with Crippen LogP contribution in [0.3, 0.4) is 0 Å². The molecule has 0 saturated heterocycles. The van der Waals surface area contributed by atoms with E-state index in [1.54, 1.807) is 18.2 Å². The number of hydrogen-bond donors (Lipinski definition) is 1. The SMILES string of the molecule is CC.CC.COc1ccc(C(=O)Nc2ccc(Cl)c(-c3csc(C)n3)c2)c(F)c1. The number of thiazole rings is 1. The molecule has 0 unspecified atom stereocenters. The molecule has 0 spiro atoms. The van der Waals surface area contributed by atoms with Gasteiger partial charge in [-0.15, -0.1) is 11.3 Å². The van der Waals surface area contributed by atoms with E-state index in [4.69, 9.17) is 16.3 Å². The van der Waals surface area contributed by atoms with Gasteiger partial charge < -0.3 is 10.1 Å². The molecule has 1 N–H and O–H groups in total. The largest absolute Gasteiger partial charge is 0.497 e. The van der Waals surface area contributed by atoms with Gasteiger partial charge in [0.15, 0.2) is 0 Å². The van der Waals surface area contributed by atoms with Crippen LogP contribution in [0.2, 0.25) is 5.02 Å². The van der Waals surface area contributed by atoms with Crippen LogP contribution >= 0.6 is 22.9 Å². The van der Waals surface area contributed by atoms with Gasteiger partial charge in [-0.2, -0.15) is 0 Å². The molecule has 0 bridgehead atoms. The Balaban J connectivity index is 0.000000989. The molecule has 29 heavy (non-hydrogen) atoms. The maximum absolute atomic E-state index is 14.0. The van der Waals surface area contributed by atoms with Gasteiger partial charge in [0, 0.05) is 22.7 Å². The van der Waals surface area contributed by atoms with Gasteiger partial charge in [0.05, 0.1) is 28.4 Å². The van der Waals surface area contributed by atoms with E-state index in [1.165, 1.54) is 36.6 Å². The number of methoxy groups -OCH3 is 1. The van der Waals surface area contributed by atoms with Crippen molar-refractivity contribution in [2.75, 3.05) is 12.4 Å². The molecule has 0 aliphatic heterocycles. The first-order valence-electron chi connectivity index (χ1n) is 9.35. The lowest BCUT2D eigenvalue weighted by Gasteiger charge is -2.09. The number of ether oxygens (including phenoxy) is 1. The van der Waals surface area contributed by atoms with Crippen LogP contribution in [0.1, 0.15) is 43.1 Å². The molecule has 1 heterocycles. The number of halogens is 2. The lowest BCUT2D eigenvalue weighted by atomic mass is 10.1. The number of carbonyl (C=O) groups excluding carboxylic acids is 1. The quantitative estimate of drug-likeness (QED) is 0.469. The highest BCUT2D eigenvalue weighted by molar-refractivity contribution is 7.09. The van der Waals surface area contributed by atoms with E-state index in [9.17, 15) is 9.18 Å². The van der Waals surface area contributed by atoms with Crippen molar-refractivity contribution in [2.45, 2.75) is 34.6 Å².